The smallest absolute Gasteiger partial charge is 0.240 e. The van der Waals surface area contributed by atoms with Gasteiger partial charge in [0.1, 0.15) is 4.99 Å². The lowest BCUT2D eigenvalue weighted by molar-refractivity contribution is -0.118. The average Bonchev–Trinajstić information content (AvgIpc) is 2.77. The lowest BCUT2D eigenvalue weighted by Gasteiger charge is -2.22. The fraction of sp³-hybridized carbons (Fsp3) is 0.385. The number of benzene rings is 1. The van der Waals surface area contributed by atoms with Crippen LogP contribution in [0.15, 0.2) is 22.7 Å². The van der Waals surface area contributed by atoms with E-state index in [0.717, 1.165) is 23.1 Å². The number of halogens is 1. The van der Waals surface area contributed by atoms with Crippen molar-refractivity contribution in [1.29, 1.82) is 0 Å². The standard InChI is InChI=1S/C13H15BrN2OS2/c1-13(5-2-6-19-13)12(17)16-10-7-8(14)3-4-9(10)11(15)18/h3-4,7H,2,5-6H2,1H3,(H2,15,18)(H,16,17). The second kappa shape index (κ2) is 5.81. The molecule has 0 spiro atoms. The Kier molecular flexibility index (Phi) is 4.53. The molecule has 1 aliphatic rings. The highest BCUT2D eigenvalue weighted by Crippen LogP contribution is 2.38. The fourth-order valence-corrected chi connectivity index (χ4v) is 3.80. The molecule has 0 radical (unpaired) electrons. The van der Waals surface area contributed by atoms with Crippen LogP contribution in [0.5, 0.6) is 0 Å². The third-order valence-electron chi connectivity index (χ3n) is 3.19. The molecule has 6 heteroatoms. The van der Waals surface area contributed by atoms with E-state index in [4.69, 9.17) is 18.0 Å². The number of thioether (sulfide) groups is 1. The van der Waals surface area contributed by atoms with E-state index in [1.165, 1.54) is 0 Å². The van der Waals surface area contributed by atoms with Gasteiger partial charge in [-0.2, -0.15) is 0 Å². The molecule has 1 aromatic carbocycles. The second-order valence-corrected chi connectivity index (χ2v) is 7.64. The summed E-state index contributed by atoms with van der Waals surface area (Å²) in [6.45, 7) is 1.98. The molecule has 0 bridgehead atoms. The van der Waals surface area contributed by atoms with Gasteiger partial charge in [0.2, 0.25) is 5.91 Å². The predicted octanol–water partition coefficient (Wildman–Crippen LogP) is 3.31. The normalized spacial score (nSPS) is 22.2. The number of anilines is 1. The number of nitrogens with one attached hydrogen (secondary N) is 1. The van der Waals surface area contributed by atoms with Crippen LogP contribution >= 0.6 is 39.9 Å². The topological polar surface area (TPSA) is 55.1 Å². The summed E-state index contributed by atoms with van der Waals surface area (Å²) in [4.78, 5) is 12.7. The Labute approximate surface area is 130 Å². The lowest BCUT2D eigenvalue weighted by Crippen LogP contribution is -2.35. The zero-order chi connectivity index (χ0) is 14.0. The summed E-state index contributed by atoms with van der Waals surface area (Å²) >= 11 is 10.1. The van der Waals surface area contributed by atoms with Crippen LogP contribution in [0.2, 0.25) is 0 Å². The molecule has 1 heterocycles. The van der Waals surface area contributed by atoms with Gasteiger partial charge in [-0.1, -0.05) is 28.1 Å². The maximum absolute atomic E-state index is 12.4. The maximum atomic E-state index is 12.4. The first kappa shape index (κ1) is 14.8. The fourth-order valence-electron chi connectivity index (χ4n) is 2.05. The monoisotopic (exact) mass is 358 g/mol. The second-order valence-electron chi connectivity index (χ2n) is 4.69. The van der Waals surface area contributed by atoms with Gasteiger partial charge in [-0.15, -0.1) is 11.8 Å². The molecule has 0 aliphatic carbocycles. The lowest BCUT2D eigenvalue weighted by atomic mass is 10.0. The van der Waals surface area contributed by atoms with Crippen molar-refractivity contribution in [2.24, 2.45) is 5.73 Å². The summed E-state index contributed by atoms with van der Waals surface area (Å²) in [5.74, 6) is 1.05. The number of carbonyl (C=O) groups excluding carboxylic acids is 1. The molecule has 1 fully saturated rings. The largest absolute Gasteiger partial charge is 0.389 e. The number of thiocarbonyl (C=S) groups is 1. The van der Waals surface area contributed by atoms with Crippen LogP contribution in [-0.4, -0.2) is 21.4 Å². The number of carbonyl (C=O) groups is 1. The molecule has 1 amide bonds. The van der Waals surface area contributed by atoms with Crippen LogP contribution in [0.1, 0.15) is 25.3 Å². The zero-order valence-electron chi connectivity index (χ0n) is 10.5. The van der Waals surface area contributed by atoms with E-state index in [-0.39, 0.29) is 15.6 Å². The zero-order valence-corrected chi connectivity index (χ0v) is 13.8. The van der Waals surface area contributed by atoms with E-state index < -0.39 is 0 Å². The minimum absolute atomic E-state index is 0.0191. The third-order valence-corrected chi connectivity index (χ3v) is 5.43. The molecular formula is C13H15BrN2OS2. The van der Waals surface area contributed by atoms with E-state index in [9.17, 15) is 4.79 Å². The summed E-state index contributed by atoms with van der Waals surface area (Å²) in [6.07, 6.45) is 1.98. The van der Waals surface area contributed by atoms with E-state index in [0.29, 0.717) is 11.3 Å². The Morgan fingerprint density at radius 3 is 2.89 bits per heavy atom. The van der Waals surface area contributed by atoms with Crippen molar-refractivity contribution in [3.05, 3.63) is 28.2 Å². The van der Waals surface area contributed by atoms with E-state index in [1.807, 2.05) is 25.1 Å². The Balaban J connectivity index is 2.25. The molecule has 1 atom stereocenters. The molecule has 3 nitrogen and oxygen atoms in total. The highest BCUT2D eigenvalue weighted by Gasteiger charge is 2.37. The number of nitrogens with two attached hydrogens (primary N) is 1. The predicted molar refractivity (Wildman–Crippen MR) is 88.8 cm³/mol. The number of amides is 1. The van der Waals surface area contributed by atoms with Crippen LogP contribution in [0, 0.1) is 0 Å². The van der Waals surface area contributed by atoms with Gasteiger partial charge in [-0.25, -0.2) is 0 Å². The van der Waals surface area contributed by atoms with Crippen molar-refractivity contribution in [3.8, 4) is 0 Å². The van der Waals surface area contributed by atoms with Gasteiger partial charge >= 0.3 is 0 Å². The summed E-state index contributed by atoms with van der Waals surface area (Å²) < 4.78 is 0.530. The molecule has 1 unspecified atom stereocenters. The Morgan fingerprint density at radius 2 is 2.32 bits per heavy atom. The molecule has 0 aromatic heterocycles. The van der Waals surface area contributed by atoms with E-state index in [1.54, 1.807) is 11.8 Å². The van der Waals surface area contributed by atoms with Crippen LogP contribution in [-0.2, 0) is 4.79 Å². The maximum Gasteiger partial charge on any atom is 0.240 e. The Morgan fingerprint density at radius 1 is 1.58 bits per heavy atom. The van der Waals surface area contributed by atoms with Crippen molar-refractivity contribution in [2.45, 2.75) is 24.5 Å². The van der Waals surface area contributed by atoms with Crippen LogP contribution < -0.4 is 11.1 Å². The highest BCUT2D eigenvalue weighted by atomic mass is 79.9. The Bertz CT molecular complexity index is 527. The van der Waals surface area contributed by atoms with Crippen molar-refractivity contribution in [1.82, 2.24) is 0 Å². The van der Waals surface area contributed by atoms with E-state index in [2.05, 4.69) is 21.2 Å². The van der Waals surface area contributed by atoms with Crippen molar-refractivity contribution >= 4 is 56.5 Å². The summed E-state index contributed by atoms with van der Waals surface area (Å²) in [6, 6.07) is 5.50. The summed E-state index contributed by atoms with van der Waals surface area (Å²) in [7, 11) is 0. The molecule has 19 heavy (non-hydrogen) atoms. The van der Waals surface area contributed by atoms with Gasteiger partial charge in [0.25, 0.3) is 0 Å². The van der Waals surface area contributed by atoms with Gasteiger partial charge in [-0.05, 0) is 43.7 Å². The summed E-state index contributed by atoms with van der Waals surface area (Å²) in [5, 5.41) is 2.96. The van der Waals surface area contributed by atoms with Gasteiger partial charge < -0.3 is 11.1 Å². The first-order valence-corrected chi connectivity index (χ1v) is 8.16. The number of hydrogen-bond donors (Lipinski definition) is 2. The van der Waals surface area contributed by atoms with Gasteiger partial charge in [-0.3, -0.25) is 4.79 Å². The molecule has 1 aromatic rings. The number of hydrogen-bond acceptors (Lipinski definition) is 3. The average molecular weight is 359 g/mol. The molecule has 2 rings (SSSR count). The molecule has 3 N–H and O–H groups in total. The third kappa shape index (κ3) is 3.30. The quantitative estimate of drug-likeness (QED) is 0.813. The molecule has 102 valence electrons. The summed E-state index contributed by atoms with van der Waals surface area (Å²) in [5.41, 5.74) is 7.05. The number of rotatable bonds is 3. The van der Waals surface area contributed by atoms with Crippen molar-refractivity contribution in [2.75, 3.05) is 11.1 Å². The van der Waals surface area contributed by atoms with Crippen molar-refractivity contribution < 1.29 is 4.79 Å². The molecule has 0 saturated carbocycles. The minimum Gasteiger partial charge on any atom is -0.389 e. The van der Waals surface area contributed by atoms with Crippen molar-refractivity contribution in [3.63, 3.8) is 0 Å². The van der Waals surface area contributed by atoms with E-state index >= 15 is 0 Å². The Hall–Kier alpha value is -0.590. The van der Waals surface area contributed by atoms with Gasteiger partial charge in [0.05, 0.1) is 10.4 Å². The highest BCUT2D eigenvalue weighted by molar-refractivity contribution is 9.10. The van der Waals surface area contributed by atoms with Crippen LogP contribution in [0.25, 0.3) is 0 Å². The van der Waals surface area contributed by atoms with Crippen LogP contribution in [0.3, 0.4) is 0 Å². The SMILES string of the molecule is CC1(C(=O)Nc2cc(Br)ccc2C(N)=S)CCCS1. The van der Waals surface area contributed by atoms with Crippen LogP contribution in [0.4, 0.5) is 5.69 Å². The van der Waals surface area contributed by atoms with Gasteiger partial charge in [0.15, 0.2) is 0 Å². The minimum atomic E-state index is -0.351. The molecule has 1 saturated heterocycles. The first-order chi connectivity index (χ1) is 8.92. The van der Waals surface area contributed by atoms with Gasteiger partial charge in [0, 0.05) is 10.0 Å². The first-order valence-electron chi connectivity index (χ1n) is 5.97. The molecular weight excluding hydrogens is 344 g/mol. The molecule has 1 aliphatic heterocycles.